The van der Waals surface area contributed by atoms with Crippen LogP contribution in [0.4, 0.5) is 5.95 Å². The van der Waals surface area contributed by atoms with E-state index in [0.717, 1.165) is 39.2 Å². The highest BCUT2D eigenvalue weighted by molar-refractivity contribution is 7.19. The second kappa shape index (κ2) is 8.04. The minimum absolute atomic E-state index is 0.0315. The van der Waals surface area contributed by atoms with Gasteiger partial charge in [0.1, 0.15) is 0 Å². The molecule has 0 saturated carbocycles. The second-order valence-corrected chi connectivity index (χ2v) is 9.03. The number of hydrogen-bond acceptors (Lipinski definition) is 7. The van der Waals surface area contributed by atoms with Gasteiger partial charge in [-0.2, -0.15) is 0 Å². The molecule has 2 unspecified atom stereocenters. The van der Waals surface area contributed by atoms with Gasteiger partial charge in [-0.3, -0.25) is 9.78 Å². The number of carbonyl (C=O) groups is 1. The van der Waals surface area contributed by atoms with E-state index >= 15 is 0 Å². The summed E-state index contributed by atoms with van der Waals surface area (Å²) in [5.41, 5.74) is 9.22. The molecular weight excluding hydrogens is 384 g/mol. The Morgan fingerprint density at radius 1 is 1.34 bits per heavy atom. The molecule has 1 fully saturated rings. The number of thiophene rings is 1. The summed E-state index contributed by atoms with van der Waals surface area (Å²) >= 11 is 1.56. The van der Waals surface area contributed by atoms with Crippen molar-refractivity contribution in [1.29, 1.82) is 0 Å². The number of aryl methyl sites for hydroxylation is 2. The Morgan fingerprint density at radius 3 is 2.90 bits per heavy atom. The van der Waals surface area contributed by atoms with E-state index < -0.39 is 0 Å². The predicted molar refractivity (Wildman–Crippen MR) is 116 cm³/mol. The van der Waals surface area contributed by atoms with Gasteiger partial charge >= 0.3 is 0 Å². The van der Waals surface area contributed by atoms with Gasteiger partial charge in [-0.25, -0.2) is 9.97 Å². The molecule has 4 heterocycles. The summed E-state index contributed by atoms with van der Waals surface area (Å²) in [5.74, 6) is 0.790. The minimum Gasteiger partial charge on any atom is -0.348 e. The largest absolute Gasteiger partial charge is 0.348 e. The standard InChI is InChI=1S/C21H26N6OS/c1-12-6-16(10-23-9-12)14(3)24-21-25-17-7-13(2)29-19(17)18(26-21)20(28)27-5-4-15(8-22)11-27/h6-7,9-10,14-15H,4-5,8,11,22H2,1-3H3,(H,24,25,26). The third-order valence-corrected chi connectivity index (χ3v) is 6.39. The average molecular weight is 411 g/mol. The first-order chi connectivity index (χ1) is 13.9. The molecule has 3 aromatic heterocycles. The predicted octanol–water partition coefficient (Wildman–Crippen LogP) is 3.30. The van der Waals surface area contributed by atoms with Crippen LogP contribution >= 0.6 is 11.3 Å². The van der Waals surface area contributed by atoms with Crippen molar-refractivity contribution in [3.8, 4) is 0 Å². The molecule has 29 heavy (non-hydrogen) atoms. The fraction of sp³-hybridized carbons (Fsp3) is 0.429. The van der Waals surface area contributed by atoms with E-state index in [1.54, 1.807) is 11.3 Å². The van der Waals surface area contributed by atoms with Gasteiger partial charge in [0.25, 0.3) is 5.91 Å². The van der Waals surface area contributed by atoms with Crippen molar-refractivity contribution in [3.63, 3.8) is 0 Å². The van der Waals surface area contributed by atoms with Gasteiger partial charge in [-0.15, -0.1) is 11.3 Å². The number of nitrogens with two attached hydrogens (primary N) is 1. The zero-order valence-electron chi connectivity index (χ0n) is 17.0. The van der Waals surface area contributed by atoms with Crippen molar-refractivity contribution >= 4 is 33.4 Å². The number of aromatic nitrogens is 3. The van der Waals surface area contributed by atoms with E-state index in [0.29, 0.717) is 30.6 Å². The van der Waals surface area contributed by atoms with Gasteiger partial charge in [0.05, 0.1) is 16.3 Å². The quantitative estimate of drug-likeness (QED) is 0.670. The Labute approximate surface area is 174 Å². The molecule has 7 nitrogen and oxygen atoms in total. The number of nitrogens with zero attached hydrogens (tertiary/aromatic N) is 4. The average Bonchev–Trinajstić information content (AvgIpc) is 3.32. The Balaban J connectivity index is 1.66. The van der Waals surface area contributed by atoms with E-state index in [4.69, 9.17) is 5.73 Å². The number of nitrogens with one attached hydrogen (secondary N) is 1. The third-order valence-electron chi connectivity index (χ3n) is 5.35. The Hall–Kier alpha value is -2.58. The first-order valence-corrected chi connectivity index (χ1v) is 10.7. The summed E-state index contributed by atoms with van der Waals surface area (Å²) in [6, 6.07) is 4.06. The van der Waals surface area contributed by atoms with E-state index in [2.05, 4.69) is 26.3 Å². The van der Waals surface area contributed by atoms with Crippen molar-refractivity contribution < 1.29 is 4.79 Å². The number of pyridine rings is 1. The zero-order chi connectivity index (χ0) is 20.5. The van der Waals surface area contributed by atoms with E-state index in [9.17, 15) is 4.79 Å². The van der Waals surface area contributed by atoms with Crippen LogP contribution in [0.25, 0.3) is 10.2 Å². The lowest BCUT2D eigenvalue weighted by atomic mass is 10.1. The highest BCUT2D eigenvalue weighted by atomic mass is 32.1. The van der Waals surface area contributed by atoms with Crippen LogP contribution in [0.3, 0.4) is 0 Å². The minimum atomic E-state index is -0.0388. The van der Waals surface area contributed by atoms with Crippen LogP contribution in [-0.2, 0) is 0 Å². The number of likely N-dealkylation sites (tertiary alicyclic amines) is 1. The third kappa shape index (κ3) is 4.09. The first kappa shape index (κ1) is 19.7. The normalized spacial score (nSPS) is 17.7. The molecule has 1 aliphatic heterocycles. The van der Waals surface area contributed by atoms with Gasteiger partial charge in [0, 0.05) is 30.4 Å². The molecule has 1 amide bonds. The van der Waals surface area contributed by atoms with Crippen molar-refractivity contribution in [2.24, 2.45) is 11.7 Å². The van der Waals surface area contributed by atoms with Gasteiger partial charge in [-0.05, 0) is 56.8 Å². The lowest BCUT2D eigenvalue weighted by molar-refractivity contribution is 0.0784. The molecule has 0 radical (unpaired) electrons. The van der Waals surface area contributed by atoms with Crippen LogP contribution in [-0.4, -0.2) is 45.4 Å². The van der Waals surface area contributed by atoms with Crippen molar-refractivity contribution in [2.45, 2.75) is 33.2 Å². The Kier molecular flexibility index (Phi) is 5.47. The number of amides is 1. The Morgan fingerprint density at radius 2 is 2.17 bits per heavy atom. The SMILES string of the molecule is Cc1cncc(C(C)Nc2nc(C(=O)N3CCC(CN)C3)c3sc(C)cc3n2)c1. The van der Waals surface area contributed by atoms with Gasteiger partial charge in [-0.1, -0.05) is 6.07 Å². The zero-order valence-corrected chi connectivity index (χ0v) is 17.8. The molecule has 2 atom stereocenters. The molecular formula is C21H26N6OS. The molecule has 0 spiro atoms. The summed E-state index contributed by atoms with van der Waals surface area (Å²) in [5, 5.41) is 3.34. The summed E-state index contributed by atoms with van der Waals surface area (Å²) < 4.78 is 0.846. The smallest absolute Gasteiger partial charge is 0.274 e. The molecule has 0 aliphatic carbocycles. The number of carbonyl (C=O) groups excluding carboxylic acids is 1. The lowest BCUT2D eigenvalue weighted by Crippen LogP contribution is -2.30. The maximum Gasteiger partial charge on any atom is 0.274 e. The van der Waals surface area contributed by atoms with Gasteiger partial charge in [0.2, 0.25) is 5.95 Å². The topological polar surface area (TPSA) is 97.0 Å². The monoisotopic (exact) mass is 410 g/mol. The van der Waals surface area contributed by atoms with Crippen LogP contribution in [0.15, 0.2) is 24.5 Å². The van der Waals surface area contributed by atoms with Crippen molar-refractivity contribution in [1.82, 2.24) is 19.9 Å². The van der Waals surface area contributed by atoms with Gasteiger partial charge in [0.15, 0.2) is 5.69 Å². The Bertz CT molecular complexity index is 1050. The highest BCUT2D eigenvalue weighted by Gasteiger charge is 2.29. The van der Waals surface area contributed by atoms with Crippen molar-refractivity contribution in [3.05, 3.63) is 46.2 Å². The summed E-state index contributed by atoms with van der Waals surface area (Å²) in [4.78, 5) is 29.8. The molecule has 0 bridgehead atoms. The molecule has 3 N–H and O–H groups in total. The first-order valence-electron chi connectivity index (χ1n) is 9.90. The van der Waals surface area contributed by atoms with Crippen LogP contribution in [0, 0.1) is 19.8 Å². The maximum absolute atomic E-state index is 13.2. The highest BCUT2D eigenvalue weighted by Crippen LogP contribution is 2.30. The van der Waals surface area contributed by atoms with Crippen molar-refractivity contribution in [2.75, 3.05) is 25.0 Å². The number of fused-ring (bicyclic) bond motifs is 1. The van der Waals surface area contributed by atoms with Crippen LogP contribution < -0.4 is 11.1 Å². The molecule has 0 aromatic carbocycles. The number of anilines is 1. The molecule has 3 aromatic rings. The fourth-order valence-electron chi connectivity index (χ4n) is 3.71. The second-order valence-electron chi connectivity index (χ2n) is 7.77. The lowest BCUT2D eigenvalue weighted by Gasteiger charge is -2.18. The van der Waals surface area contributed by atoms with E-state index in [1.807, 2.05) is 44.1 Å². The van der Waals surface area contributed by atoms with E-state index in [1.165, 1.54) is 0 Å². The maximum atomic E-state index is 13.2. The molecule has 1 aliphatic rings. The summed E-state index contributed by atoms with van der Waals surface area (Å²) in [6.45, 7) is 8.10. The molecule has 4 rings (SSSR count). The van der Waals surface area contributed by atoms with Crippen LogP contribution in [0.2, 0.25) is 0 Å². The summed E-state index contributed by atoms with van der Waals surface area (Å²) in [7, 11) is 0. The fourth-order valence-corrected chi connectivity index (χ4v) is 4.64. The number of rotatable bonds is 5. The molecule has 152 valence electrons. The van der Waals surface area contributed by atoms with Crippen LogP contribution in [0.1, 0.15) is 45.9 Å². The van der Waals surface area contributed by atoms with Crippen LogP contribution in [0.5, 0.6) is 0 Å². The summed E-state index contributed by atoms with van der Waals surface area (Å²) in [6.07, 6.45) is 4.61. The van der Waals surface area contributed by atoms with Gasteiger partial charge < -0.3 is 16.0 Å². The van der Waals surface area contributed by atoms with E-state index in [-0.39, 0.29) is 11.9 Å². The number of hydrogen-bond donors (Lipinski definition) is 2. The molecule has 8 heteroatoms. The molecule has 1 saturated heterocycles.